The maximum absolute atomic E-state index is 11.9. The summed E-state index contributed by atoms with van der Waals surface area (Å²) in [5.41, 5.74) is 6.97. The summed E-state index contributed by atoms with van der Waals surface area (Å²) in [6, 6.07) is 7.20. The minimum atomic E-state index is -0.111. The van der Waals surface area contributed by atoms with Crippen molar-refractivity contribution in [2.45, 2.75) is 19.9 Å². The quantitative estimate of drug-likeness (QED) is 0.803. The van der Waals surface area contributed by atoms with Crippen molar-refractivity contribution in [3.63, 3.8) is 0 Å². The highest BCUT2D eigenvalue weighted by Gasteiger charge is 2.07. The van der Waals surface area contributed by atoms with Gasteiger partial charge < -0.3 is 15.6 Å². The van der Waals surface area contributed by atoms with Crippen molar-refractivity contribution in [1.29, 1.82) is 0 Å². The first-order valence-corrected chi connectivity index (χ1v) is 5.85. The number of benzene rings is 1. The smallest absolute Gasteiger partial charge is 0.244 e. The lowest BCUT2D eigenvalue weighted by molar-refractivity contribution is -0.116. The van der Waals surface area contributed by atoms with E-state index in [1.807, 2.05) is 23.6 Å². The van der Waals surface area contributed by atoms with E-state index in [9.17, 15) is 4.79 Å². The first-order valence-electron chi connectivity index (χ1n) is 5.85. The van der Waals surface area contributed by atoms with Gasteiger partial charge in [-0.05, 0) is 12.1 Å². The third kappa shape index (κ3) is 2.68. The Morgan fingerprint density at radius 1 is 1.44 bits per heavy atom. The molecule has 1 heterocycles. The van der Waals surface area contributed by atoms with Crippen LogP contribution >= 0.6 is 0 Å². The molecule has 0 radical (unpaired) electrons. The Balaban J connectivity index is 2.04. The van der Waals surface area contributed by atoms with Crippen LogP contribution in [-0.4, -0.2) is 15.5 Å². The fraction of sp³-hybridized carbons (Fsp3) is 0.231. The molecule has 3 N–H and O–H groups in total. The molecule has 0 saturated heterocycles. The van der Waals surface area contributed by atoms with Gasteiger partial charge in [0, 0.05) is 18.8 Å². The minimum Gasteiger partial charge on any atom is -0.397 e. The molecule has 0 saturated carbocycles. The molecule has 94 valence electrons. The van der Waals surface area contributed by atoms with Gasteiger partial charge in [-0.15, -0.1) is 0 Å². The van der Waals surface area contributed by atoms with Crippen LogP contribution in [0.5, 0.6) is 0 Å². The maximum atomic E-state index is 11.9. The Morgan fingerprint density at radius 2 is 2.22 bits per heavy atom. The molecule has 0 aliphatic carbocycles. The summed E-state index contributed by atoms with van der Waals surface area (Å²) in [4.78, 5) is 16.1. The molecular formula is C13H16N4O. The molecular weight excluding hydrogens is 228 g/mol. The zero-order valence-corrected chi connectivity index (χ0v) is 10.3. The van der Waals surface area contributed by atoms with E-state index in [0.29, 0.717) is 11.4 Å². The topological polar surface area (TPSA) is 72.9 Å². The molecule has 18 heavy (non-hydrogen) atoms. The van der Waals surface area contributed by atoms with Crippen molar-refractivity contribution in [3.8, 4) is 0 Å². The van der Waals surface area contributed by atoms with Crippen LogP contribution in [0.1, 0.15) is 12.7 Å². The van der Waals surface area contributed by atoms with Crippen LogP contribution < -0.4 is 11.1 Å². The summed E-state index contributed by atoms with van der Waals surface area (Å²) >= 11 is 0. The predicted molar refractivity (Wildman–Crippen MR) is 71.1 cm³/mol. The van der Waals surface area contributed by atoms with E-state index in [2.05, 4.69) is 10.3 Å². The number of carbonyl (C=O) groups excluding carboxylic acids is 1. The molecule has 0 bridgehead atoms. The van der Waals surface area contributed by atoms with Crippen LogP contribution in [0.4, 0.5) is 11.4 Å². The monoisotopic (exact) mass is 244 g/mol. The predicted octanol–water partition coefficient (Wildman–Crippen LogP) is 1.67. The molecule has 2 aromatic rings. The van der Waals surface area contributed by atoms with E-state index in [1.54, 1.807) is 24.5 Å². The van der Waals surface area contributed by atoms with Crippen molar-refractivity contribution in [2.24, 2.45) is 0 Å². The molecule has 0 aliphatic heterocycles. The van der Waals surface area contributed by atoms with E-state index >= 15 is 0 Å². The van der Waals surface area contributed by atoms with E-state index in [-0.39, 0.29) is 12.5 Å². The Labute approximate surface area is 106 Å². The highest BCUT2D eigenvalue weighted by atomic mass is 16.1. The number of nitrogens with zero attached hydrogens (tertiary/aromatic N) is 2. The van der Waals surface area contributed by atoms with Gasteiger partial charge in [0.2, 0.25) is 5.91 Å². The highest BCUT2D eigenvalue weighted by molar-refractivity contribution is 5.93. The molecule has 1 amide bonds. The van der Waals surface area contributed by atoms with Gasteiger partial charge in [0.05, 0.1) is 11.4 Å². The minimum absolute atomic E-state index is 0.111. The van der Waals surface area contributed by atoms with E-state index in [0.717, 1.165) is 12.2 Å². The summed E-state index contributed by atoms with van der Waals surface area (Å²) in [6.07, 6.45) is 4.30. The number of aryl methyl sites for hydroxylation is 1. The van der Waals surface area contributed by atoms with Crippen molar-refractivity contribution in [1.82, 2.24) is 9.55 Å². The molecule has 5 nitrogen and oxygen atoms in total. The second kappa shape index (κ2) is 5.35. The van der Waals surface area contributed by atoms with E-state index in [4.69, 9.17) is 5.73 Å². The van der Waals surface area contributed by atoms with Crippen LogP contribution in [0, 0.1) is 0 Å². The van der Waals surface area contributed by atoms with Gasteiger partial charge in [0.15, 0.2) is 0 Å². The zero-order chi connectivity index (χ0) is 13.0. The first kappa shape index (κ1) is 12.2. The number of rotatable bonds is 4. The normalized spacial score (nSPS) is 10.3. The van der Waals surface area contributed by atoms with Crippen molar-refractivity contribution >= 4 is 17.3 Å². The average molecular weight is 244 g/mol. The van der Waals surface area contributed by atoms with Gasteiger partial charge in [-0.3, -0.25) is 4.79 Å². The van der Waals surface area contributed by atoms with Crippen LogP contribution in [0.3, 0.4) is 0 Å². The van der Waals surface area contributed by atoms with Crippen molar-refractivity contribution < 1.29 is 4.79 Å². The summed E-state index contributed by atoms with van der Waals surface area (Å²) in [5.74, 6) is 0.784. The number of hydrogen-bond donors (Lipinski definition) is 2. The van der Waals surface area contributed by atoms with Gasteiger partial charge in [0.1, 0.15) is 12.4 Å². The van der Waals surface area contributed by atoms with Crippen LogP contribution in [0.25, 0.3) is 0 Å². The molecule has 0 fully saturated rings. The second-order valence-electron chi connectivity index (χ2n) is 3.96. The number of imidazole rings is 1. The maximum Gasteiger partial charge on any atom is 0.244 e. The number of anilines is 2. The molecule has 2 rings (SSSR count). The van der Waals surface area contributed by atoms with Gasteiger partial charge in [-0.25, -0.2) is 4.98 Å². The number of nitrogen functional groups attached to an aromatic ring is 1. The zero-order valence-electron chi connectivity index (χ0n) is 10.3. The third-order valence-electron chi connectivity index (χ3n) is 2.67. The summed E-state index contributed by atoms with van der Waals surface area (Å²) < 4.78 is 1.83. The summed E-state index contributed by atoms with van der Waals surface area (Å²) in [5, 5.41) is 2.79. The fourth-order valence-corrected chi connectivity index (χ4v) is 1.75. The number of nitrogens with two attached hydrogens (primary N) is 1. The number of para-hydroxylation sites is 2. The van der Waals surface area contributed by atoms with Crippen LogP contribution in [0.2, 0.25) is 0 Å². The third-order valence-corrected chi connectivity index (χ3v) is 2.67. The van der Waals surface area contributed by atoms with Crippen LogP contribution in [-0.2, 0) is 17.8 Å². The fourth-order valence-electron chi connectivity index (χ4n) is 1.75. The van der Waals surface area contributed by atoms with Gasteiger partial charge >= 0.3 is 0 Å². The van der Waals surface area contributed by atoms with Crippen molar-refractivity contribution in [2.75, 3.05) is 11.1 Å². The number of hydrogen-bond acceptors (Lipinski definition) is 3. The van der Waals surface area contributed by atoms with Crippen molar-refractivity contribution in [3.05, 3.63) is 42.5 Å². The largest absolute Gasteiger partial charge is 0.397 e. The molecule has 0 spiro atoms. The molecule has 0 aliphatic rings. The number of carbonyl (C=O) groups is 1. The lowest BCUT2D eigenvalue weighted by Gasteiger charge is -2.09. The number of nitrogens with one attached hydrogen (secondary N) is 1. The number of aromatic nitrogens is 2. The van der Waals surface area contributed by atoms with Gasteiger partial charge in [-0.1, -0.05) is 19.1 Å². The molecule has 1 aromatic heterocycles. The molecule has 0 atom stereocenters. The summed E-state index contributed by atoms with van der Waals surface area (Å²) in [7, 11) is 0. The van der Waals surface area contributed by atoms with E-state index < -0.39 is 0 Å². The standard InChI is InChI=1S/C13H16N4O/c1-2-12-15-7-8-17(12)9-13(18)16-11-6-4-3-5-10(11)14/h3-8H,2,9,14H2,1H3,(H,16,18). The highest BCUT2D eigenvalue weighted by Crippen LogP contribution is 2.16. The van der Waals surface area contributed by atoms with Crippen LogP contribution in [0.15, 0.2) is 36.7 Å². The Kier molecular flexibility index (Phi) is 3.62. The van der Waals surface area contributed by atoms with Gasteiger partial charge in [-0.2, -0.15) is 0 Å². The second-order valence-corrected chi connectivity index (χ2v) is 3.96. The van der Waals surface area contributed by atoms with E-state index in [1.165, 1.54) is 0 Å². The molecule has 1 aromatic carbocycles. The average Bonchev–Trinajstić information content (AvgIpc) is 2.79. The Hall–Kier alpha value is -2.30. The van der Waals surface area contributed by atoms with Gasteiger partial charge in [0.25, 0.3) is 0 Å². The summed E-state index contributed by atoms with van der Waals surface area (Å²) in [6.45, 7) is 2.25. The molecule has 5 heteroatoms. The molecule has 0 unspecified atom stereocenters. The SMILES string of the molecule is CCc1nccn1CC(=O)Nc1ccccc1N. The Bertz CT molecular complexity index is 547. The Morgan fingerprint density at radius 3 is 2.94 bits per heavy atom. The number of amides is 1. The lowest BCUT2D eigenvalue weighted by Crippen LogP contribution is -2.20. The lowest BCUT2D eigenvalue weighted by atomic mass is 10.2. The first-order chi connectivity index (χ1) is 8.70.